The molecule has 8 heteroatoms. The van der Waals surface area contributed by atoms with Crippen LogP contribution in [0.5, 0.6) is 0 Å². The zero-order chi connectivity index (χ0) is 15.4. The van der Waals surface area contributed by atoms with Crippen LogP contribution in [0.15, 0.2) is 24.3 Å². The van der Waals surface area contributed by atoms with Crippen LogP contribution >= 0.6 is 0 Å². The largest absolute Gasteiger partial charge is 0.398 e. The highest BCUT2D eigenvalue weighted by Crippen LogP contribution is 2.22. The topological polar surface area (TPSA) is 63.4 Å². The Labute approximate surface area is 116 Å². The lowest BCUT2D eigenvalue weighted by Gasteiger charge is -2.18. The summed E-state index contributed by atoms with van der Waals surface area (Å²) in [5, 5.41) is 0. The van der Waals surface area contributed by atoms with Gasteiger partial charge in [-0.15, -0.1) is 0 Å². The third kappa shape index (κ3) is 5.38. The van der Waals surface area contributed by atoms with Gasteiger partial charge in [0.2, 0.25) is 10.0 Å². The van der Waals surface area contributed by atoms with Gasteiger partial charge >= 0.3 is 6.18 Å². The minimum atomic E-state index is -4.34. The van der Waals surface area contributed by atoms with E-state index in [4.69, 9.17) is 5.73 Å². The smallest absolute Gasteiger partial charge is 0.389 e. The minimum Gasteiger partial charge on any atom is -0.398 e. The highest BCUT2D eigenvalue weighted by atomic mass is 32.2. The molecule has 114 valence electrons. The van der Waals surface area contributed by atoms with E-state index in [0.29, 0.717) is 11.3 Å². The van der Waals surface area contributed by atoms with Gasteiger partial charge in [0, 0.05) is 25.7 Å². The van der Waals surface area contributed by atoms with E-state index < -0.39 is 34.8 Å². The lowest BCUT2D eigenvalue weighted by Crippen LogP contribution is -2.29. The van der Waals surface area contributed by atoms with Gasteiger partial charge in [-0.2, -0.15) is 13.2 Å². The third-order valence-corrected chi connectivity index (χ3v) is 4.67. The first kappa shape index (κ1) is 16.8. The fourth-order valence-electron chi connectivity index (χ4n) is 1.63. The Balaban J connectivity index is 2.62. The molecule has 1 aromatic carbocycles. The van der Waals surface area contributed by atoms with Gasteiger partial charge in [0.25, 0.3) is 0 Å². The highest BCUT2D eigenvalue weighted by Gasteiger charge is 2.28. The number of hydrogen-bond donors (Lipinski definition) is 1. The van der Waals surface area contributed by atoms with Crippen molar-refractivity contribution in [2.24, 2.45) is 0 Å². The van der Waals surface area contributed by atoms with E-state index in [1.54, 1.807) is 24.3 Å². The summed E-state index contributed by atoms with van der Waals surface area (Å²) in [6, 6.07) is 6.75. The number of rotatable bonds is 6. The van der Waals surface area contributed by atoms with Crippen LogP contribution in [0.4, 0.5) is 18.9 Å². The van der Waals surface area contributed by atoms with Gasteiger partial charge in [0.15, 0.2) is 0 Å². The van der Waals surface area contributed by atoms with Crippen LogP contribution in [0.3, 0.4) is 0 Å². The molecule has 0 atom stereocenters. The van der Waals surface area contributed by atoms with Crippen LogP contribution in [0.2, 0.25) is 0 Å². The maximum absolute atomic E-state index is 12.0. The Morgan fingerprint density at radius 1 is 1.25 bits per heavy atom. The second-order valence-electron chi connectivity index (χ2n) is 4.49. The molecule has 0 aliphatic heterocycles. The molecule has 0 saturated heterocycles. The van der Waals surface area contributed by atoms with Gasteiger partial charge in [0.1, 0.15) is 0 Å². The van der Waals surface area contributed by atoms with Crippen molar-refractivity contribution in [1.82, 2.24) is 4.31 Å². The summed E-state index contributed by atoms with van der Waals surface area (Å²) in [6.07, 6.45) is -5.88. The first-order chi connectivity index (χ1) is 9.12. The molecule has 0 unspecified atom stereocenters. The summed E-state index contributed by atoms with van der Waals surface area (Å²) in [6.45, 7) is 0.0427. The fraction of sp³-hybridized carbons (Fsp3) is 0.500. The quantitative estimate of drug-likeness (QED) is 0.821. The molecule has 2 N–H and O–H groups in total. The molecule has 0 fully saturated rings. The summed E-state index contributed by atoms with van der Waals surface area (Å²) >= 11 is 0. The molecule has 0 heterocycles. The number of benzene rings is 1. The maximum atomic E-state index is 12.0. The monoisotopic (exact) mass is 310 g/mol. The number of nitrogens with zero attached hydrogens (tertiary/aromatic N) is 1. The van der Waals surface area contributed by atoms with Gasteiger partial charge in [-0.1, -0.05) is 18.2 Å². The summed E-state index contributed by atoms with van der Waals surface area (Å²) < 4.78 is 60.7. The van der Waals surface area contributed by atoms with Crippen LogP contribution in [0, 0.1) is 0 Å². The summed E-state index contributed by atoms with van der Waals surface area (Å²) in [5.41, 5.74) is 6.77. The zero-order valence-corrected chi connectivity index (χ0v) is 11.8. The molecule has 0 spiro atoms. The molecule has 4 nitrogen and oxygen atoms in total. The van der Waals surface area contributed by atoms with Crippen molar-refractivity contribution in [3.63, 3.8) is 0 Å². The van der Waals surface area contributed by atoms with Crippen molar-refractivity contribution in [3.05, 3.63) is 29.8 Å². The lowest BCUT2D eigenvalue weighted by atomic mass is 10.2. The molecule has 0 radical (unpaired) electrons. The molecule has 20 heavy (non-hydrogen) atoms. The van der Waals surface area contributed by atoms with E-state index >= 15 is 0 Å². The Morgan fingerprint density at radius 2 is 1.85 bits per heavy atom. The second kappa shape index (κ2) is 6.45. The van der Waals surface area contributed by atoms with E-state index in [1.165, 1.54) is 7.05 Å². The van der Waals surface area contributed by atoms with Crippen molar-refractivity contribution in [3.8, 4) is 0 Å². The SMILES string of the molecule is CN(Cc1ccccc1N)S(=O)(=O)CCCC(F)(F)F. The van der Waals surface area contributed by atoms with Crippen molar-refractivity contribution >= 4 is 15.7 Å². The van der Waals surface area contributed by atoms with Crippen molar-refractivity contribution < 1.29 is 21.6 Å². The molecule has 1 rings (SSSR count). The Bertz CT molecular complexity index is 544. The second-order valence-corrected chi connectivity index (χ2v) is 6.69. The third-order valence-electron chi connectivity index (χ3n) is 2.79. The number of nitrogens with two attached hydrogens (primary N) is 1. The maximum Gasteiger partial charge on any atom is 0.389 e. The number of halogens is 3. The Kier molecular flexibility index (Phi) is 5.41. The summed E-state index contributed by atoms with van der Waals surface area (Å²) in [5.74, 6) is -0.532. The van der Waals surface area contributed by atoms with Crippen molar-refractivity contribution in [2.45, 2.75) is 25.6 Å². The van der Waals surface area contributed by atoms with E-state index in [9.17, 15) is 21.6 Å². The van der Waals surface area contributed by atoms with Crippen LogP contribution in [0.1, 0.15) is 18.4 Å². The molecular formula is C12H17F3N2O2S. The van der Waals surface area contributed by atoms with E-state index in [0.717, 1.165) is 4.31 Å². The summed E-state index contributed by atoms with van der Waals surface area (Å²) in [7, 11) is -2.39. The van der Waals surface area contributed by atoms with Crippen LogP contribution in [-0.4, -0.2) is 31.7 Å². The molecule has 0 aliphatic carbocycles. The number of nitrogen functional groups attached to an aromatic ring is 1. The Hall–Kier alpha value is -1.28. The van der Waals surface area contributed by atoms with Gasteiger partial charge in [-0.3, -0.25) is 0 Å². The number of alkyl halides is 3. The van der Waals surface area contributed by atoms with E-state index in [1.807, 2.05) is 0 Å². The van der Waals surface area contributed by atoms with Crippen molar-refractivity contribution in [2.75, 3.05) is 18.5 Å². The number of hydrogen-bond acceptors (Lipinski definition) is 3. The average Bonchev–Trinajstić information content (AvgIpc) is 2.30. The summed E-state index contributed by atoms with van der Waals surface area (Å²) in [4.78, 5) is 0. The molecule has 0 amide bonds. The van der Waals surface area contributed by atoms with Crippen LogP contribution < -0.4 is 5.73 Å². The Morgan fingerprint density at radius 3 is 2.40 bits per heavy atom. The minimum absolute atomic E-state index is 0.0427. The number of para-hydroxylation sites is 1. The van der Waals surface area contributed by atoms with Crippen LogP contribution in [-0.2, 0) is 16.6 Å². The van der Waals surface area contributed by atoms with Gasteiger partial charge in [0.05, 0.1) is 5.75 Å². The molecule has 1 aromatic rings. The standard InChI is InChI=1S/C12H17F3N2O2S/c1-17(9-10-5-2-3-6-11(10)16)20(18,19)8-4-7-12(13,14)15/h2-3,5-6H,4,7-9,16H2,1H3. The lowest BCUT2D eigenvalue weighted by molar-refractivity contribution is -0.134. The van der Waals surface area contributed by atoms with E-state index in [-0.39, 0.29) is 6.54 Å². The van der Waals surface area contributed by atoms with Gasteiger partial charge < -0.3 is 5.73 Å². The van der Waals surface area contributed by atoms with Crippen molar-refractivity contribution in [1.29, 1.82) is 0 Å². The first-order valence-corrected chi connectivity index (χ1v) is 7.57. The van der Waals surface area contributed by atoms with Gasteiger partial charge in [-0.05, 0) is 18.1 Å². The molecule has 0 aliphatic rings. The first-order valence-electron chi connectivity index (χ1n) is 5.96. The van der Waals surface area contributed by atoms with Crippen LogP contribution in [0.25, 0.3) is 0 Å². The zero-order valence-electron chi connectivity index (χ0n) is 11.0. The molecule has 0 aromatic heterocycles. The number of sulfonamides is 1. The molecular weight excluding hydrogens is 293 g/mol. The number of anilines is 1. The predicted molar refractivity (Wildman–Crippen MR) is 71.4 cm³/mol. The predicted octanol–water partition coefficient (Wildman–Crippen LogP) is 2.37. The van der Waals surface area contributed by atoms with Gasteiger partial charge in [-0.25, -0.2) is 12.7 Å². The molecule has 0 saturated carbocycles. The molecule has 0 bridgehead atoms. The normalized spacial score (nSPS) is 12.8. The average molecular weight is 310 g/mol. The highest BCUT2D eigenvalue weighted by molar-refractivity contribution is 7.89. The fourth-order valence-corrected chi connectivity index (χ4v) is 2.78. The van der Waals surface area contributed by atoms with E-state index in [2.05, 4.69) is 0 Å².